The standard InChI is InChI=1S/C8H13ClO/c1-6-4-2-3-5-7(6)8(9)10/h6-7H,2-5H2,1H3/t6-,7-/m1/s1. The van der Waals surface area contributed by atoms with E-state index in [1.54, 1.807) is 0 Å². The van der Waals surface area contributed by atoms with Gasteiger partial charge < -0.3 is 0 Å². The highest BCUT2D eigenvalue weighted by atomic mass is 35.5. The lowest BCUT2D eigenvalue weighted by atomic mass is 9.81. The van der Waals surface area contributed by atoms with Crippen molar-refractivity contribution in [3.05, 3.63) is 0 Å². The second kappa shape index (κ2) is 3.38. The predicted octanol–water partition coefficient (Wildman–Crippen LogP) is 2.58. The summed E-state index contributed by atoms with van der Waals surface area (Å²) in [5, 5.41) is -0.132. The molecule has 1 aliphatic carbocycles. The first-order chi connectivity index (χ1) is 4.72. The summed E-state index contributed by atoms with van der Waals surface area (Å²) >= 11 is 5.41. The summed E-state index contributed by atoms with van der Waals surface area (Å²) in [4.78, 5) is 10.8. The van der Waals surface area contributed by atoms with Gasteiger partial charge in [-0.1, -0.05) is 19.8 Å². The van der Waals surface area contributed by atoms with Crippen LogP contribution < -0.4 is 0 Å². The quantitative estimate of drug-likeness (QED) is 0.539. The lowest BCUT2D eigenvalue weighted by Crippen LogP contribution is -2.21. The smallest absolute Gasteiger partial charge is 0.224 e. The van der Waals surface area contributed by atoms with E-state index in [1.165, 1.54) is 19.3 Å². The Bertz CT molecular complexity index is 133. The van der Waals surface area contributed by atoms with Crippen LogP contribution >= 0.6 is 11.6 Å². The molecule has 0 unspecified atom stereocenters. The Hall–Kier alpha value is -0.0400. The van der Waals surface area contributed by atoms with Gasteiger partial charge in [0.05, 0.1) is 0 Å². The molecule has 1 saturated carbocycles. The van der Waals surface area contributed by atoms with Crippen LogP contribution in [0.5, 0.6) is 0 Å². The van der Waals surface area contributed by atoms with Crippen LogP contribution in [0.1, 0.15) is 32.6 Å². The molecule has 0 heterocycles. The van der Waals surface area contributed by atoms with Crippen LogP contribution in [0, 0.1) is 11.8 Å². The van der Waals surface area contributed by atoms with Gasteiger partial charge in [-0.25, -0.2) is 0 Å². The number of halogens is 1. The maximum atomic E-state index is 10.8. The van der Waals surface area contributed by atoms with E-state index in [1.807, 2.05) is 0 Å². The van der Waals surface area contributed by atoms with Crippen molar-refractivity contribution in [3.8, 4) is 0 Å². The first kappa shape index (κ1) is 8.06. The Morgan fingerprint density at radius 3 is 2.40 bits per heavy atom. The lowest BCUT2D eigenvalue weighted by molar-refractivity contribution is -0.117. The number of rotatable bonds is 1. The molecule has 0 aromatic carbocycles. The van der Waals surface area contributed by atoms with E-state index in [2.05, 4.69) is 6.92 Å². The fourth-order valence-corrected chi connectivity index (χ4v) is 1.98. The third-order valence-electron chi connectivity index (χ3n) is 2.40. The van der Waals surface area contributed by atoms with E-state index < -0.39 is 0 Å². The Balaban J connectivity index is 2.47. The second-order valence-electron chi connectivity index (χ2n) is 3.17. The van der Waals surface area contributed by atoms with Gasteiger partial charge in [-0.3, -0.25) is 4.79 Å². The van der Waals surface area contributed by atoms with Crippen molar-refractivity contribution in [1.29, 1.82) is 0 Å². The molecule has 10 heavy (non-hydrogen) atoms. The summed E-state index contributed by atoms with van der Waals surface area (Å²) in [6.07, 6.45) is 4.61. The van der Waals surface area contributed by atoms with Crippen molar-refractivity contribution < 1.29 is 4.79 Å². The third kappa shape index (κ3) is 1.72. The van der Waals surface area contributed by atoms with Crippen molar-refractivity contribution in [2.24, 2.45) is 11.8 Å². The van der Waals surface area contributed by atoms with Crippen LogP contribution in [-0.2, 0) is 4.79 Å². The fourth-order valence-electron chi connectivity index (χ4n) is 1.65. The molecule has 0 spiro atoms. The van der Waals surface area contributed by atoms with Gasteiger partial charge in [0.15, 0.2) is 0 Å². The maximum absolute atomic E-state index is 10.8. The topological polar surface area (TPSA) is 17.1 Å². The van der Waals surface area contributed by atoms with Crippen LogP contribution in [0.4, 0.5) is 0 Å². The van der Waals surface area contributed by atoms with E-state index >= 15 is 0 Å². The van der Waals surface area contributed by atoms with Crippen molar-refractivity contribution in [2.45, 2.75) is 32.6 Å². The van der Waals surface area contributed by atoms with Gasteiger partial charge in [0.25, 0.3) is 0 Å². The molecule has 0 amide bonds. The molecule has 2 heteroatoms. The van der Waals surface area contributed by atoms with E-state index in [-0.39, 0.29) is 11.2 Å². The number of hydrogen-bond acceptors (Lipinski definition) is 1. The Morgan fingerprint density at radius 2 is 2.00 bits per heavy atom. The number of carbonyl (C=O) groups is 1. The average Bonchev–Trinajstić information content (AvgIpc) is 1.88. The number of carbonyl (C=O) groups excluding carboxylic acids is 1. The van der Waals surface area contributed by atoms with E-state index in [0.717, 1.165) is 6.42 Å². The molecule has 0 saturated heterocycles. The zero-order valence-corrected chi connectivity index (χ0v) is 7.03. The molecule has 0 aliphatic heterocycles. The van der Waals surface area contributed by atoms with Crippen LogP contribution in [-0.4, -0.2) is 5.24 Å². The molecule has 58 valence electrons. The van der Waals surface area contributed by atoms with Gasteiger partial charge in [0.1, 0.15) is 0 Å². The average molecular weight is 161 g/mol. The van der Waals surface area contributed by atoms with Crippen LogP contribution in [0.3, 0.4) is 0 Å². The van der Waals surface area contributed by atoms with Gasteiger partial charge in [-0.15, -0.1) is 0 Å². The summed E-state index contributed by atoms with van der Waals surface area (Å²) in [7, 11) is 0. The van der Waals surface area contributed by atoms with Gasteiger partial charge in [0, 0.05) is 5.92 Å². The van der Waals surface area contributed by atoms with Gasteiger partial charge in [0.2, 0.25) is 5.24 Å². The summed E-state index contributed by atoms with van der Waals surface area (Å²) in [5.41, 5.74) is 0. The van der Waals surface area contributed by atoms with Crippen LogP contribution in [0.2, 0.25) is 0 Å². The molecule has 2 atom stereocenters. The van der Waals surface area contributed by atoms with Gasteiger partial charge in [-0.05, 0) is 30.4 Å². The normalized spacial score (nSPS) is 33.8. The molecule has 1 nitrogen and oxygen atoms in total. The zero-order chi connectivity index (χ0) is 7.56. The molecule has 0 aromatic heterocycles. The minimum atomic E-state index is -0.132. The summed E-state index contributed by atoms with van der Waals surface area (Å²) in [6, 6.07) is 0. The van der Waals surface area contributed by atoms with Crippen LogP contribution in [0.25, 0.3) is 0 Å². The molecule has 0 bridgehead atoms. The van der Waals surface area contributed by atoms with E-state index in [0.29, 0.717) is 5.92 Å². The summed E-state index contributed by atoms with van der Waals surface area (Å²) in [5.74, 6) is 0.661. The van der Waals surface area contributed by atoms with E-state index in [4.69, 9.17) is 11.6 Å². The third-order valence-corrected chi connectivity index (χ3v) is 2.68. The fraction of sp³-hybridized carbons (Fsp3) is 0.875. The monoisotopic (exact) mass is 160 g/mol. The SMILES string of the molecule is C[C@@H]1CCCC[C@H]1C(=O)Cl. The molecule has 0 radical (unpaired) electrons. The van der Waals surface area contributed by atoms with E-state index in [9.17, 15) is 4.79 Å². The van der Waals surface area contributed by atoms with Crippen LogP contribution in [0.15, 0.2) is 0 Å². The van der Waals surface area contributed by atoms with Crippen molar-refractivity contribution in [3.63, 3.8) is 0 Å². The van der Waals surface area contributed by atoms with Crippen molar-refractivity contribution >= 4 is 16.8 Å². The molecule has 0 aromatic rings. The Morgan fingerprint density at radius 1 is 1.40 bits per heavy atom. The molecule has 1 rings (SSSR count). The highest BCUT2D eigenvalue weighted by Gasteiger charge is 2.25. The highest BCUT2D eigenvalue weighted by Crippen LogP contribution is 2.30. The first-order valence-corrected chi connectivity index (χ1v) is 4.29. The zero-order valence-electron chi connectivity index (χ0n) is 6.27. The second-order valence-corrected chi connectivity index (χ2v) is 3.54. The first-order valence-electron chi connectivity index (χ1n) is 3.91. The summed E-state index contributed by atoms with van der Waals surface area (Å²) < 4.78 is 0. The predicted molar refractivity (Wildman–Crippen MR) is 42.0 cm³/mol. The highest BCUT2D eigenvalue weighted by molar-refractivity contribution is 6.64. The summed E-state index contributed by atoms with van der Waals surface area (Å²) in [6.45, 7) is 2.12. The van der Waals surface area contributed by atoms with Crippen molar-refractivity contribution in [1.82, 2.24) is 0 Å². The minimum absolute atomic E-state index is 0.132. The largest absolute Gasteiger partial charge is 0.281 e. The lowest BCUT2D eigenvalue weighted by Gasteiger charge is -2.24. The maximum Gasteiger partial charge on any atom is 0.224 e. The minimum Gasteiger partial charge on any atom is -0.281 e. The molecular weight excluding hydrogens is 148 g/mol. The Labute approximate surface area is 66.8 Å². The molecule has 1 fully saturated rings. The molecule has 1 aliphatic rings. The van der Waals surface area contributed by atoms with Gasteiger partial charge >= 0.3 is 0 Å². The van der Waals surface area contributed by atoms with Gasteiger partial charge in [-0.2, -0.15) is 0 Å². The molecular formula is C8H13ClO. The number of hydrogen-bond donors (Lipinski definition) is 0. The van der Waals surface area contributed by atoms with Crippen molar-refractivity contribution in [2.75, 3.05) is 0 Å². The Kier molecular flexibility index (Phi) is 2.72. The molecule has 0 N–H and O–H groups in total.